The van der Waals surface area contributed by atoms with E-state index < -0.39 is 0 Å². The second-order valence-electron chi connectivity index (χ2n) is 4.87. The quantitative estimate of drug-likeness (QED) is 0.858. The number of ketones is 1. The van der Waals surface area contributed by atoms with Crippen LogP contribution in [0.15, 0.2) is 23.8 Å². The van der Waals surface area contributed by atoms with Crippen LogP contribution in [0, 0.1) is 0 Å². The van der Waals surface area contributed by atoms with Gasteiger partial charge >= 0.3 is 0 Å². The smallest absolute Gasteiger partial charge is 0.161 e. The SMILES string of the molecule is CCOc1cc(/C=C2\CN(CC)CCC2=O)ccc1O. The fourth-order valence-corrected chi connectivity index (χ4v) is 2.32. The first-order chi connectivity index (χ1) is 9.63. The fourth-order valence-electron chi connectivity index (χ4n) is 2.32. The molecule has 0 saturated carbocycles. The Bertz CT molecular complexity index is 522. The lowest BCUT2D eigenvalue weighted by atomic mass is 10.0. The summed E-state index contributed by atoms with van der Waals surface area (Å²) < 4.78 is 5.36. The van der Waals surface area contributed by atoms with Gasteiger partial charge in [-0.3, -0.25) is 9.69 Å². The molecule has 2 rings (SSSR count). The molecule has 1 aliphatic rings. The van der Waals surface area contributed by atoms with Crippen LogP contribution in [0.3, 0.4) is 0 Å². The van der Waals surface area contributed by atoms with E-state index in [9.17, 15) is 9.90 Å². The first-order valence-corrected chi connectivity index (χ1v) is 7.06. The normalized spacial score (nSPS) is 18.5. The second-order valence-corrected chi connectivity index (χ2v) is 4.87. The Labute approximate surface area is 119 Å². The lowest BCUT2D eigenvalue weighted by Crippen LogP contribution is -2.35. The molecule has 1 aliphatic heterocycles. The van der Waals surface area contributed by atoms with E-state index in [0.717, 1.165) is 24.2 Å². The molecule has 0 atom stereocenters. The number of piperidine rings is 1. The van der Waals surface area contributed by atoms with Gasteiger partial charge in [-0.2, -0.15) is 0 Å². The summed E-state index contributed by atoms with van der Waals surface area (Å²) in [5, 5.41) is 9.68. The third kappa shape index (κ3) is 3.39. The highest BCUT2D eigenvalue weighted by Crippen LogP contribution is 2.28. The van der Waals surface area contributed by atoms with Crippen LogP contribution in [-0.4, -0.2) is 42.0 Å². The summed E-state index contributed by atoms with van der Waals surface area (Å²) in [4.78, 5) is 14.2. The third-order valence-corrected chi connectivity index (χ3v) is 3.48. The summed E-state index contributed by atoms with van der Waals surface area (Å²) in [6.45, 7) is 6.95. The molecule has 1 fully saturated rings. The predicted octanol–water partition coefficient (Wildman–Crippen LogP) is 2.47. The first kappa shape index (κ1) is 14.6. The maximum atomic E-state index is 12.0. The number of carbonyl (C=O) groups excluding carboxylic acids is 1. The highest BCUT2D eigenvalue weighted by molar-refractivity contribution is 6.00. The number of Topliss-reactive ketones (excluding diaryl/α,β-unsaturated/α-hetero) is 1. The number of benzene rings is 1. The van der Waals surface area contributed by atoms with Crippen molar-refractivity contribution in [1.82, 2.24) is 4.90 Å². The zero-order valence-electron chi connectivity index (χ0n) is 12.1. The van der Waals surface area contributed by atoms with Gasteiger partial charge in [0.1, 0.15) is 0 Å². The lowest BCUT2D eigenvalue weighted by molar-refractivity contribution is -0.117. The topological polar surface area (TPSA) is 49.8 Å². The molecular weight excluding hydrogens is 254 g/mol. The van der Waals surface area contributed by atoms with Crippen LogP contribution in [0.1, 0.15) is 25.8 Å². The van der Waals surface area contributed by atoms with Crippen molar-refractivity contribution in [2.45, 2.75) is 20.3 Å². The zero-order valence-corrected chi connectivity index (χ0v) is 12.1. The van der Waals surface area contributed by atoms with E-state index in [0.29, 0.717) is 25.3 Å². The van der Waals surface area contributed by atoms with Crippen LogP contribution in [0.2, 0.25) is 0 Å². The number of ether oxygens (including phenoxy) is 1. The predicted molar refractivity (Wildman–Crippen MR) is 79.0 cm³/mol. The lowest BCUT2D eigenvalue weighted by Gasteiger charge is -2.26. The molecule has 0 radical (unpaired) electrons. The average Bonchev–Trinajstić information content (AvgIpc) is 2.45. The number of nitrogens with zero attached hydrogens (tertiary/aromatic N) is 1. The largest absolute Gasteiger partial charge is 0.504 e. The summed E-state index contributed by atoms with van der Waals surface area (Å²) in [5.74, 6) is 0.789. The monoisotopic (exact) mass is 275 g/mol. The number of hydrogen-bond acceptors (Lipinski definition) is 4. The minimum absolute atomic E-state index is 0.124. The zero-order chi connectivity index (χ0) is 14.5. The van der Waals surface area contributed by atoms with E-state index in [-0.39, 0.29) is 11.5 Å². The van der Waals surface area contributed by atoms with Crippen LogP contribution >= 0.6 is 0 Å². The summed E-state index contributed by atoms with van der Waals surface area (Å²) in [6, 6.07) is 5.16. The molecule has 4 heteroatoms. The number of likely N-dealkylation sites (N-methyl/N-ethyl adjacent to an activating group) is 1. The molecule has 0 unspecified atom stereocenters. The first-order valence-electron chi connectivity index (χ1n) is 7.06. The molecule has 20 heavy (non-hydrogen) atoms. The van der Waals surface area contributed by atoms with Crippen molar-refractivity contribution in [2.24, 2.45) is 0 Å². The summed E-state index contributed by atoms with van der Waals surface area (Å²) in [5.41, 5.74) is 1.71. The van der Waals surface area contributed by atoms with Gasteiger partial charge in [-0.25, -0.2) is 0 Å². The van der Waals surface area contributed by atoms with Gasteiger partial charge in [0, 0.05) is 25.1 Å². The highest BCUT2D eigenvalue weighted by Gasteiger charge is 2.20. The van der Waals surface area contributed by atoms with E-state index in [1.54, 1.807) is 18.2 Å². The fraction of sp³-hybridized carbons (Fsp3) is 0.438. The van der Waals surface area contributed by atoms with Crippen molar-refractivity contribution in [1.29, 1.82) is 0 Å². The van der Waals surface area contributed by atoms with Crippen molar-refractivity contribution < 1.29 is 14.6 Å². The van der Waals surface area contributed by atoms with E-state index in [1.807, 2.05) is 13.0 Å². The molecule has 0 spiro atoms. The van der Waals surface area contributed by atoms with Gasteiger partial charge < -0.3 is 9.84 Å². The Kier molecular flexibility index (Phi) is 4.79. The molecule has 0 aliphatic carbocycles. The summed E-state index contributed by atoms with van der Waals surface area (Å²) in [6.07, 6.45) is 2.47. The number of phenolic OH excluding ortho intramolecular Hbond substituents is 1. The van der Waals surface area contributed by atoms with Crippen LogP contribution < -0.4 is 4.74 Å². The minimum Gasteiger partial charge on any atom is -0.504 e. The van der Waals surface area contributed by atoms with E-state index in [1.165, 1.54) is 0 Å². The molecular formula is C16H21NO3. The van der Waals surface area contributed by atoms with Gasteiger partial charge in [0.05, 0.1) is 6.61 Å². The standard InChI is InChI=1S/C16H21NO3/c1-3-17-8-7-14(18)13(11-17)9-12-5-6-15(19)16(10-12)20-4-2/h5-6,9-10,19H,3-4,7-8,11H2,1-2H3/b13-9+. The number of phenols is 1. The van der Waals surface area contributed by atoms with Gasteiger partial charge in [0.2, 0.25) is 0 Å². The molecule has 0 aromatic heterocycles. The number of rotatable bonds is 4. The van der Waals surface area contributed by atoms with Crippen molar-refractivity contribution in [2.75, 3.05) is 26.2 Å². The Balaban J connectivity index is 2.24. The van der Waals surface area contributed by atoms with Crippen LogP contribution in [0.4, 0.5) is 0 Å². The van der Waals surface area contributed by atoms with E-state index >= 15 is 0 Å². The average molecular weight is 275 g/mol. The Morgan fingerprint density at radius 3 is 2.90 bits per heavy atom. The molecule has 0 amide bonds. The molecule has 1 aromatic rings. The van der Waals surface area contributed by atoms with E-state index in [2.05, 4.69) is 11.8 Å². The van der Waals surface area contributed by atoms with Crippen LogP contribution in [-0.2, 0) is 4.79 Å². The summed E-state index contributed by atoms with van der Waals surface area (Å²) >= 11 is 0. The maximum absolute atomic E-state index is 12.0. The van der Waals surface area contributed by atoms with E-state index in [4.69, 9.17) is 4.74 Å². The number of aromatic hydroxyl groups is 1. The van der Waals surface area contributed by atoms with Crippen molar-refractivity contribution in [3.05, 3.63) is 29.3 Å². The van der Waals surface area contributed by atoms with Crippen molar-refractivity contribution in [3.63, 3.8) is 0 Å². The molecule has 4 nitrogen and oxygen atoms in total. The highest BCUT2D eigenvalue weighted by atomic mass is 16.5. The van der Waals surface area contributed by atoms with Gasteiger partial charge in [0.25, 0.3) is 0 Å². The third-order valence-electron chi connectivity index (χ3n) is 3.48. The number of hydrogen-bond donors (Lipinski definition) is 1. The number of carbonyl (C=O) groups is 1. The van der Waals surface area contributed by atoms with Gasteiger partial charge in [-0.15, -0.1) is 0 Å². The Hall–Kier alpha value is -1.81. The van der Waals surface area contributed by atoms with Gasteiger partial charge in [0.15, 0.2) is 17.3 Å². The molecule has 1 heterocycles. The van der Waals surface area contributed by atoms with Gasteiger partial charge in [-0.1, -0.05) is 13.0 Å². The van der Waals surface area contributed by atoms with Crippen molar-refractivity contribution in [3.8, 4) is 11.5 Å². The maximum Gasteiger partial charge on any atom is 0.161 e. The van der Waals surface area contributed by atoms with Crippen LogP contribution in [0.25, 0.3) is 6.08 Å². The molecule has 0 bridgehead atoms. The van der Waals surface area contributed by atoms with Gasteiger partial charge in [-0.05, 0) is 37.2 Å². The second kappa shape index (κ2) is 6.57. The molecule has 1 N–H and O–H groups in total. The Morgan fingerprint density at radius 2 is 2.20 bits per heavy atom. The minimum atomic E-state index is 0.124. The molecule has 1 aromatic carbocycles. The van der Waals surface area contributed by atoms with Crippen molar-refractivity contribution >= 4 is 11.9 Å². The number of likely N-dealkylation sites (tertiary alicyclic amines) is 1. The summed E-state index contributed by atoms with van der Waals surface area (Å²) in [7, 11) is 0. The van der Waals surface area contributed by atoms with Crippen LogP contribution in [0.5, 0.6) is 11.5 Å². The molecule has 108 valence electrons. The molecule has 1 saturated heterocycles. The Morgan fingerprint density at radius 1 is 1.40 bits per heavy atom.